The van der Waals surface area contributed by atoms with Gasteiger partial charge in [-0.15, -0.1) is 0 Å². The lowest BCUT2D eigenvalue weighted by Gasteiger charge is -2.45. The fourth-order valence-electron chi connectivity index (χ4n) is 3.77. The normalized spacial score (nSPS) is 22.9. The quantitative estimate of drug-likeness (QED) is 0.843. The summed E-state index contributed by atoms with van der Waals surface area (Å²) >= 11 is 0. The van der Waals surface area contributed by atoms with Gasteiger partial charge in [0, 0.05) is 19.9 Å². The minimum atomic E-state index is -1.41. The molecule has 0 bridgehead atoms. The first-order chi connectivity index (χ1) is 11.5. The molecule has 2 aliphatic rings. The van der Waals surface area contributed by atoms with Crippen molar-refractivity contribution in [1.29, 1.82) is 0 Å². The number of ether oxygens (including phenoxy) is 1. The predicted octanol–water partition coefficient (Wildman–Crippen LogP) is 0.838. The first-order valence-electron chi connectivity index (χ1n) is 7.98. The lowest BCUT2D eigenvalue weighted by Crippen LogP contribution is -2.53. The molecular weight excluding hydrogens is 316 g/mol. The maximum Gasteiger partial charge on any atom is 0.341 e. The molecule has 2 heterocycles. The molecule has 8 nitrogen and oxygen atoms in total. The highest BCUT2D eigenvalue weighted by Gasteiger charge is 2.42. The third-order valence-corrected chi connectivity index (χ3v) is 4.89. The molecule has 0 radical (unpaired) electrons. The van der Waals surface area contributed by atoms with Gasteiger partial charge >= 0.3 is 5.97 Å². The molecule has 3 rings (SSSR count). The average Bonchev–Trinajstić information content (AvgIpc) is 2.57. The van der Waals surface area contributed by atoms with Crippen LogP contribution in [0.3, 0.4) is 0 Å². The van der Waals surface area contributed by atoms with Crippen molar-refractivity contribution in [2.24, 2.45) is 0 Å². The number of rotatable bonds is 4. The molecule has 1 aromatic rings. The number of methoxy groups -OCH3 is 1. The number of amides is 1. The molecule has 1 aliphatic heterocycles. The van der Waals surface area contributed by atoms with Gasteiger partial charge in [0.25, 0.3) is 5.91 Å². The minimum absolute atomic E-state index is 0.0857. The number of hydrogen-bond donors (Lipinski definition) is 2. The Bertz CT molecular complexity index is 741. The zero-order valence-corrected chi connectivity index (χ0v) is 13.4. The molecular formula is C16H20N2O6. The van der Waals surface area contributed by atoms with Gasteiger partial charge in [0.1, 0.15) is 5.56 Å². The molecule has 1 fully saturated rings. The number of aromatic hydroxyl groups is 1. The summed E-state index contributed by atoms with van der Waals surface area (Å²) in [5.41, 5.74) is -1.66. The van der Waals surface area contributed by atoms with E-state index in [-0.39, 0.29) is 17.8 Å². The number of aromatic nitrogens is 1. The zero-order valence-electron chi connectivity index (χ0n) is 13.4. The standard InChI is InChI=1S/C16H20N2O6/c1-24-7-6-17-10-4-2-3-5-11(10)18-8-9(16(22)23)13(19)14(20)12(18)15(17)21/h8,10-11,20H,2-7H2,1H3,(H,22,23)/t10-,11+/m1/s1. The Morgan fingerprint density at radius 2 is 1.96 bits per heavy atom. The van der Waals surface area contributed by atoms with Gasteiger partial charge in [-0.2, -0.15) is 0 Å². The number of carboxylic acids is 1. The molecule has 0 aromatic carbocycles. The maximum absolute atomic E-state index is 12.8. The van der Waals surface area contributed by atoms with E-state index in [0.29, 0.717) is 13.2 Å². The average molecular weight is 336 g/mol. The van der Waals surface area contributed by atoms with Crippen LogP contribution in [0.25, 0.3) is 0 Å². The van der Waals surface area contributed by atoms with E-state index >= 15 is 0 Å². The summed E-state index contributed by atoms with van der Waals surface area (Å²) in [5.74, 6) is -2.65. The number of aromatic carboxylic acids is 1. The molecule has 2 N–H and O–H groups in total. The zero-order chi connectivity index (χ0) is 17.4. The van der Waals surface area contributed by atoms with E-state index in [1.54, 1.807) is 12.0 Å². The summed E-state index contributed by atoms with van der Waals surface area (Å²) in [6.45, 7) is 0.720. The van der Waals surface area contributed by atoms with E-state index < -0.39 is 28.6 Å². The van der Waals surface area contributed by atoms with Gasteiger partial charge in [0.15, 0.2) is 11.4 Å². The van der Waals surface area contributed by atoms with Crippen molar-refractivity contribution < 1.29 is 24.5 Å². The summed E-state index contributed by atoms with van der Waals surface area (Å²) in [6.07, 6.45) is 4.69. The predicted molar refractivity (Wildman–Crippen MR) is 83.5 cm³/mol. The van der Waals surface area contributed by atoms with Crippen molar-refractivity contribution in [3.63, 3.8) is 0 Å². The van der Waals surface area contributed by atoms with Gasteiger partial charge in [-0.1, -0.05) is 12.8 Å². The molecule has 1 aliphatic carbocycles. The van der Waals surface area contributed by atoms with Gasteiger partial charge in [-0.3, -0.25) is 9.59 Å². The molecule has 8 heteroatoms. The van der Waals surface area contributed by atoms with Crippen molar-refractivity contribution in [2.45, 2.75) is 37.8 Å². The Morgan fingerprint density at radius 1 is 1.29 bits per heavy atom. The first kappa shape index (κ1) is 16.5. The molecule has 0 spiro atoms. The van der Waals surface area contributed by atoms with Crippen LogP contribution in [0.5, 0.6) is 5.75 Å². The monoisotopic (exact) mass is 336 g/mol. The van der Waals surface area contributed by atoms with Crippen LogP contribution in [0, 0.1) is 0 Å². The second kappa shape index (κ2) is 6.27. The number of pyridine rings is 1. The highest BCUT2D eigenvalue weighted by atomic mass is 16.5. The van der Waals surface area contributed by atoms with Crippen molar-refractivity contribution in [2.75, 3.05) is 20.3 Å². The number of carbonyl (C=O) groups excluding carboxylic acids is 1. The molecule has 130 valence electrons. The van der Waals surface area contributed by atoms with Crippen LogP contribution in [-0.2, 0) is 4.74 Å². The van der Waals surface area contributed by atoms with Crippen LogP contribution in [0.1, 0.15) is 52.6 Å². The minimum Gasteiger partial charge on any atom is -0.503 e. The van der Waals surface area contributed by atoms with Gasteiger partial charge in [-0.25, -0.2) is 4.79 Å². The Balaban J connectivity index is 2.17. The number of carboxylic acid groups (broad SMARTS) is 1. The first-order valence-corrected chi connectivity index (χ1v) is 7.98. The van der Waals surface area contributed by atoms with Gasteiger partial charge in [0.2, 0.25) is 5.43 Å². The van der Waals surface area contributed by atoms with E-state index in [4.69, 9.17) is 4.74 Å². The highest BCUT2D eigenvalue weighted by molar-refractivity contribution is 5.98. The Kier molecular flexibility index (Phi) is 4.31. The second-order valence-corrected chi connectivity index (χ2v) is 6.19. The SMILES string of the molecule is COCCN1C(=O)c2c(O)c(=O)c(C(=O)O)cn2[C@H]2CCCC[C@H]21. The summed E-state index contributed by atoms with van der Waals surface area (Å²) in [4.78, 5) is 37.8. The second-order valence-electron chi connectivity index (χ2n) is 6.19. The molecule has 0 saturated heterocycles. The fraction of sp³-hybridized carbons (Fsp3) is 0.562. The number of nitrogens with zero attached hydrogens (tertiary/aromatic N) is 2. The molecule has 0 unspecified atom stereocenters. The van der Waals surface area contributed by atoms with Crippen LogP contribution in [0.4, 0.5) is 0 Å². The van der Waals surface area contributed by atoms with E-state index in [0.717, 1.165) is 25.7 Å². The number of hydrogen-bond acceptors (Lipinski definition) is 5. The highest BCUT2D eigenvalue weighted by Crippen LogP contribution is 2.39. The van der Waals surface area contributed by atoms with E-state index in [1.165, 1.54) is 10.8 Å². The summed E-state index contributed by atoms with van der Waals surface area (Å²) < 4.78 is 6.56. The van der Waals surface area contributed by atoms with Gasteiger partial charge in [0.05, 0.1) is 18.7 Å². The lowest BCUT2D eigenvalue weighted by molar-refractivity contribution is 0.0333. The third-order valence-electron chi connectivity index (χ3n) is 4.89. The molecule has 1 amide bonds. The van der Waals surface area contributed by atoms with Crippen molar-refractivity contribution >= 4 is 11.9 Å². The van der Waals surface area contributed by atoms with Crippen molar-refractivity contribution in [3.8, 4) is 5.75 Å². The topological polar surface area (TPSA) is 109 Å². The Hall–Kier alpha value is -2.35. The van der Waals surface area contributed by atoms with Crippen LogP contribution < -0.4 is 5.43 Å². The van der Waals surface area contributed by atoms with Crippen molar-refractivity contribution in [3.05, 3.63) is 27.7 Å². The lowest BCUT2D eigenvalue weighted by atomic mass is 9.86. The molecule has 24 heavy (non-hydrogen) atoms. The van der Waals surface area contributed by atoms with Crippen LogP contribution in [0.2, 0.25) is 0 Å². The summed E-state index contributed by atoms with van der Waals surface area (Å²) in [5, 5.41) is 19.4. The van der Waals surface area contributed by atoms with Crippen LogP contribution >= 0.6 is 0 Å². The Morgan fingerprint density at radius 3 is 2.58 bits per heavy atom. The van der Waals surface area contributed by atoms with Gasteiger partial charge < -0.3 is 24.4 Å². The van der Waals surface area contributed by atoms with E-state index in [9.17, 15) is 24.6 Å². The largest absolute Gasteiger partial charge is 0.503 e. The van der Waals surface area contributed by atoms with E-state index in [2.05, 4.69) is 0 Å². The van der Waals surface area contributed by atoms with E-state index in [1.807, 2.05) is 0 Å². The third kappa shape index (κ3) is 2.47. The molecule has 2 atom stereocenters. The summed E-state index contributed by atoms with van der Waals surface area (Å²) in [6, 6.07) is -0.231. The molecule has 1 saturated carbocycles. The van der Waals surface area contributed by atoms with Crippen LogP contribution in [0.15, 0.2) is 11.0 Å². The van der Waals surface area contributed by atoms with Crippen LogP contribution in [-0.4, -0.2) is 57.9 Å². The smallest absolute Gasteiger partial charge is 0.341 e. The maximum atomic E-state index is 12.8. The fourth-order valence-corrected chi connectivity index (χ4v) is 3.77. The Labute approximate surface area is 138 Å². The molecule has 1 aromatic heterocycles. The number of fused-ring (bicyclic) bond motifs is 3. The van der Waals surface area contributed by atoms with Gasteiger partial charge in [-0.05, 0) is 12.8 Å². The number of carbonyl (C=O) groups is 2. The summed E-state index contributed by atoms with van der Waals surface area (Å²) in [7, 11) is 1.54. The van der Waals surface area contributed by atoms with Crippen molar-refractivity contribution in [1.82, 2.24) is 9.47 Å².